The van der Waals surface area contributed by atoms with Gasteiger partial charge in [-0.3, -0.25) is 0 Å². The SMILES string of the molecule is Cc1ncsc1CC1(C(C)C)CCCN1. The molecule has 0 aromatic carbocycles. The van der Waals surface area contributed by atoms with Crippen molar-refractivity contribution in [2.75, 3.05) is 6.54 Å². The van der Waals surface area contributed by atoms with E-state index in [1.54, 1.807) is 11.3 Å². The summed E-state index contributed by atoms with van der Waals surface area (Å²) >= 11 is 1.80. The monoisotopic (exact) mass is 224 g/mol. The number of rotatable bonds is 3. The molecule has 2 rings (SSSR count). The first kappa shape index (κ1) is 11.1. The zero-order chi connectivity index (χ0) is 10.9. The minimum absolute atomic E-state index is 0.331. The Bertz CT molecular complexity index is 324. The maximum absolute atomic E-state index is 4.34. The van der Waals surface area contributed by atoms with Crippen LogP contribution in [0.3, 0.4) is 0 Å². The predicted octanol–water partition coefficient (Wildman–Crippen LogP) is 2.77. The molecule has 3 heteroatoms. The number of hydrogen-bond acceptors (Lipinski definition) is 3. The van der Waals surface area contributed by atoms with Crippen molar-refractivity contribution in [3.63, 3.8) is 0 Å². The van der Waals surface area contributed by atoms with E-state index in [1.807, 2.05) is 5.51 Å². The van der Waals surface area contributed by atoms with Gasteiger partial charge in [-0.05, 0) is 32.2 Å². The third-order valence-electron chi connectivity index (χ3n) is 3.70. The molecule has 1 aliphatic heterocycles. The van der Waals surface area contributed by atoms with Crippen LogP contribution in [0.25, 0.3) is 0 Å². The lowest BCUT2D eigenvalue weighted by Gasteiger charge is -2.33. The smallest absolute Gasteiger partial charge is 0.0797 e. The van der Waals surface area contributed by atoms with Gasteiger partial charge < -0.3 is 5.32 Å². The standard InChI is InChI=1S/C12H20N2S/c1-9(2)12(5-4-6-14-12)7-11-10(3)13-8-15-11/h8-9,14H,4-7H2,1-3H3. The number of nitrogens with one attached hydrogen (secondary N) is 1. The highest BCUT2D eigenvalue weighted by atomic mass is 32.1. The van der Waals surface area contributed by atoms with Crippen molar-refractivity contribution in [1.82, 2.24) is 10.3 Å². The largest absolute Gasteiger partial charge is 0.311 e. The second-order valence-corrected chi connectivity index (χ2v) is 5.82. The average molecular weight is 224 g/mol. The van der Waals surface area contributed by atoms with Crippen LogP contribution in [0.1, 0.15) is 37.3 Å². The molecule has 2 heterocycles. The molecule has 0 radical (unpaired) electrons. The van der Waals surface area contributed by atoms with E-state index in [0.29, 0.717) is 11.5 Å². The van der Waals surface area contributed by atoms with Crippen LogP contribution in [0.2, 0.25) is 0 Å². The molecule has 1 N–H and O–H groups in total. The van der Waals surface area contributed by atoms with E-state index in [9.17, 15) is 0 Å². The van der Waals surface area contributed by atoms with Gasteiger partial charge in [0.1, 0.15) is 0 Å². The van der Waals surface area contributed by atoms with Gasteiger partial charge in [0, 0.05) is 16.8 Å². The Morgan fingerprint density at radius 2 is 2.40 bits per heavy atom. The van der Waals surface area contributed by atoms with Gasteiger partial charge in [-0.15, -0.1) is 11.3 Å². The fourth-order valence-corrected chi connectivity index (χ4v) is 3.36. The lowest BCUT2D eigenvalue weighted by atomic mass is 9.81. The zero-order valence-electron chi connectivity index (χ0n) is 9.84. The summed E-state index contributed by atoms with van der Waals surface area (Å²) in [6.45, 7) is 7.95. The lowest BCUT2D eigenvalue weighted by molar-refractivity contribution is 0.270. The molecule has 1 aromatic heterocycles. The first-order chi connectivity index (χ1) is 7.14. The highest BCUT2D eigenvalue weighted by molar-refractivity contribution is 7.09. The molecule has 1 fully saturated rings. The number of nitrogens with zero attached hydrogens (tertiary/aromatic N) is 1. The quantitative estimate of drug-likeness (QED) is 0.854. The number of aromatic nitrogens is 1. The first-order valence-electron chi connectivity index (χ1n) is 5.78. The molecule has 1 atom stereocenters. The van der Waals surface area contributed by atoms with Crippen LogP contribution in [-0.2, 0) is 6.42 Å². The van der Waals surface area contributed by atoms with Crippen molar-refractivity contribution >= 4 is 11.3 Å². The molecule has 0 spiro atoms. The molecular formula is C12H20N2S. The average Bonchev–Trinajstić information content (AvgIpc) is 2.78. The summed E-state index contributed by atoms with van der Waals surface area (Å²) in [5, 5.41) is 3.71. The fourth-order valence-electron chi connectivity index (χ4n) is 2.46. The fraction of sp³-hybridized carbons (Fsp3) is 0.750. The van der Waals surface area contributed by atoms with Gasteiger partial charge >= 0.3 is 0 Å². The van der Waals surface area contributed by atoms with E-state index in [1.165, 1.54) is 30.0 Å². The summed E-state index contributed by atoms with van der Waals surface area (Å²) in [5.41, 5.74) is 3.51. The van der Waals surface area contributed by atoms with E-state index in [-0.39, 0.29) is 0 Å². The summed E-state index contributed by atoms with van der Waals surface area (Å²) in [7, 11) is 0. The summed E-state index contributed by atoms with van der Waals surface area (Å²) in [6, 6.07) is 0. The van der Waals surface area contributed by atoms with Crippen LogP contribution in [0.4, 0.5) is 0 Å². The molecular weight excluding hydrogens is 204 g/mol. The third kappa shape index (κ3) is 2.08. The number of hydrogen-bond donors (Lipinski definition) is 1. The van der Waals surface area contributed by atoms with Crippen LogP contribution >= 0.6 is 11.3 Å². The van der Waals surface area contributed by atoms with Gasteiger partial charge in [-0.2, -0.15) is 0 Å². The van der Waals surface area contributed by atoms with E-state index >= 15 is 0 Å². The van der Waals surface area contributed by atoms with Crippen molar-refractivity contribution in [2.45, 2.75) is 45.6 Å². The molecule has 0 amide bonds. The number of thiazole rings is 1. The van der Waals surface area contributed by atoms with Gasteiger partial charge in [-0.1, -0.05) is 13.8 Å². The van der Waals surface area contributed by atoms with Crippen LogP contribution in [-0.4, -0.2) is 17.1 Å². The zero-order valence-corrected chi connectivity index (χ0v) is 10.7. The van der Waals surface area contributed by atoms with Crippen LogP contribution in [0, 0.1) is 12.8 Å². The molecule has 2 nitrogen and oxygen atoms in total. The Balaban J connectivity index is 2.17. The summed E-state index contributed by atoms with van der Waals surface area (Å²) < 4.78 is 0. The van der Waals surface area contributed by atoms with Crippen molar-refractivity contribution < 1.29 is 0 Å². The van der Waals surface area contributed by atoms with E-state index in [0.717, 1.165) is 6.42 Å². The Morgan fingerprint density at radius 1 is 1.60 bits per heavy atom. The van der Waals surface area contributed by atoms with Gasteiger partial charge in [0.25, 0.3) is 0 Å². The predicted molar refractivity (Wildman–Crippen MR) is 65.4 cm³/mol. The number of aryl methyl sites for hydroxylation is 1. The van der Waals surface area contributed by atoms with Crippen molar-refractivity contribution in [3.05, 3.63) is 16.1 Å². The van der Waals surface area contributed by atoms with Crippen LogP contribution in [0.5, 0.6) is 0 Å². The maximum atomic E-state index is 4.34. The third-order valence-corrected chi connectivity index (χ3v) is 4.64. The molecule has 15 heavy (non-hydrogen) atoms. The van der Waals surface area contributed by atoms with Gasteiger partial charge in [0.15, 0.2) is 0 Å². The van der Waals surface area contributed by atoms with Gasteiger partial charge in [0.05, 0.1) is 11.2 Å². The molecule has 0 aliphatic carbocycles. The van der Waals surface area contributed by atoms with Crippen molar-refractivity contribution in [3.8, 4) is 0 Å². The molecule has 84 valence electrons. The molecule has 1 aromatic rings. The topological polar surface area (TPSA) is 24.9 Å². The Hall–Kier alpha value is -0.410. The van der Waals surface area contributed by atoms with Gasteiger partial charge in [0.2, 0.25) is 0 Å². The second kappa shape index (κ2) is 4.22. The molecule has 1 unspecified atom stereocenters. The van der Waals surface area contributed by atoms with Crippen molar-refractivity contribution in [1.29, 1.82) is 0 Å². The maximum Gasteiger partial charge on any atom is 0.0797 e. The Morgan fingerprint density at radius 3 is 2.87 bits per heavy atom. The highest BCUT2D eigenvalue weighted by Gasteiger charge is 2.37. The van der Waals surface area contributed by atoms with Crippen LogP contribution < -0.4 is 5.32 Å². The van der Waals surface area contributed by atoms with Crippen molar-refractivity contribution in [2.24, 2.45) is 5.92 Å². The molecule has 0 bridgehead atoms. The van der Waals surface area contributed by atoms with Crippen LogP contribution in [0.15, 0.2) is 5.51 Å². The molecule has 0 saturated carbocycles. The summed E-state index contributed by atoms with van der Waals surface area (Å²) in [5.74, 6) is 0.696. The minimum Gasteiger partial charge on any atom is -0.311 e. The second-order valence-electron chi connectivity index (χ2n) is 4.88. The first-order valence-corrected chi connectivity index (χ1v) is 6.66. The molecule has 1 saturated heterocycles. The highest BCUT2D eigenvalue weighted by Crippen LogP contribution is 2.33. The Labute approximate surface area is 96.1 Å². The summed E-state index contributed by atoms with van der Waals surface area (Å²) in [6.07, 6.45) is 3.78. The van der Waals surface area contributed by atoms with E-state index in [2.05, 4.69) is 31.1 Å². The lowest BCUT2D eigenvalue weighted by Crippen LogP contribution is -2.46. The minimum atomic E-state index is 0.331. The summed E-state index contributed by atoms with van der Waals surface area (Å²) in [4.78, 5) is 5.80. The van der Waals surface area contributed by atoms with E-state index < -0.39 is 0 Å². The Kier molecular flexibility index (Phi) is 3.12. The molecule has 1 aliphatic rings. The normalized spacial score (nSPS) is 26.4. The van der Waals surface area contributed by atoms with Gasteiger partial charge in [-0.25, -0.2) is 4.98 Å². The van der Waals surface area contributed by atoms with E-state index in [4.69, 9.17) is 0 Å².